The van der Waals surface area contributed by atoms with Crippen LogP contribution in [-0.2, 0) is 6.54 Å². The molecule has 0 N–H and O–H groups in total. The molecule has 0 fully saturated rings. The molecular formula is C22H15N5O. The smallest absolute Gasteiger partial charge is 0.263 e. The summed E-state index contributed by atoms with van der Waals surface area (Å²) in [6, 6.07) is 25.6. The predicted molar refractivity (Wildman–Crippen MR) is 109 cm³/mol. The van der Waals surface area contributed by atoms with E-state index < -0.39 is 0 Å². The first-order valence-electron chi connectivity index (χ1n) is 9.13. The topological polar surface area (TPSA) is 56.6 Å². The van der Waals surface area contributed by atoms with Gasteiger partial charge in [-0.25, -0.2) is 0 Å². The van der Waals surface area contributed by atoms with Gasteiger partial charge in [0.15, 0.2) is 5.65 Å². The number of hydrogen-bond donors (Lipinski definition) is 0. The van der Waals surface area contributed by atoms with Gasteiger partial charge in [0.2, 0.25) is 5.78 Å². The number of nitrogens with zero attached hydrogens (tertiary/aromatic N) is 5. The Balaban J connectivity index is 1.81. The molecule has 6 aromatic rings. The highest BCUT2D eigenvalue weighted by Gasteiger charge is 2.18. The molecule has 3 aromatic carbocycles. The van der Waals surface area contributed by atoms with Crippen molar-refractivity contribution >= 4 is 33.2 Å². The molecule has 0 aliphatic heterocycles. The zero-order chi connectivity index (χ0) is 18.7. The summed E-state index contributed by atoms with van der Waals surface area (Å²) in [5.41, 5.74) is 3.57. The minimum absolute atomic E-state index is 0.0514. The number of aromatic nitrogens is 5. The summed E-state index contributed by atoms with van der Waals surface area (Å²) in [6.45, 7) is 0.451. The monoisotopic (exact) mass is 365 g/mol. The van der Waals surface area contributed by atoms with Crippen LogP contribution in [0.4, 0.5) is 0 Å². The van der Waals surface area contributed by atoms with E-state index in [4.69, 9.17) is 5.10 Å². The highest BCUT2D eigenvalue weighted by atomic mass is 16.1. The van der Waals surface area contributed by atoms with E-state index >= 15 is 0 Å². The molecule has 134 valence electrons. The third-order valence-corrected chi connectivity index (χ3v) is 5.18. The highest BCUT2D eigenvalue weighted by Crippen LogP contribution is 2.23. The lowest BCUT2D eigenvalue weighted by Gasteiger charge is -2.10. The molecule has 0 bridgehead atoms. The number of fused-ring (bicyclic) bond motifs is 7. The zero-order valence-electron chi connectivity index (χ0n) is 14.9. The molecule has 3 aromatic heterocycles. The average Bonchev–Trinajstić information content (AvgIpc) is 3.28. The SMILES string of the molecule is O=c1c2ccccc2n2c(nn3nc4ccccc4c32)n1Cc1ccccc1. The molecule has 0 atom stereocenters. The van der Waals surface area contributed by atoms with E-state index in [-0.39, 0.29) is 5.56 Å². The van der Waals surface area contributed by atoms with Crippen molar-refractivity contribution < 1.29 is 0 Å². The summed E-state index contributed by atoms with van der Waals surface area (Å²) in [6.07, 6.45) is 0. The van der Waals surface area contributed by atoms with Gasteiger partial charge in [-0.2, -0.15) is 0 Å². The minimum Gasteiger partial charge on any atom is -0.272 e. The minimum atomic E-state index is -0.0514. The first-order chi connectivity index (χ1) is 13.8. The van der Waals surface area contributed by atoms with Crippen molar-refractivity contribution in [2.24, 2.45) is 0 Å². The summed E-state index contributed by atoms with van der Waals surface area (Å²) in [5, 5.41) is 11.0. The van der Waals surface area contributed by atoms with Crippen LogP contribution < -0.4 is 5.56 Å². The number of rotatable bonds is 2. The Bertz CT molecular complexity index is 1560. The summed E-state index contributed by atoms with van der Waals surface area (Å²) in [5.74, 6) is 0.584. The first kappa shape index (κ1) is 15.2. The van der Waals surface area contributed by atoms with Gasteiger partial charge in [-0.05, 0) is 29.8 Å². The van der Waals surface area contributed by atoms with Crippen LogP contribution in [0.1, 0.15) is 5.56 Å². The Morgan fingerprint density at radius 1 is 0.750 bits per heavy atom. The molecule has 6 heteroatoms. The Morgan fingerprint density at radius 3 is 2.32 bits per heavy atom. The summed E-state index contributed by atoms with van der Waals surface area (Å²) >= 11 is 0. The maximum absolute atomic E-state index is 13.3. The third kappa shape index (κ3) is 2.00. The molecule has 6 rings (SSSR count). The summed E-state index contributed by atoms with van der Waals surface area (Å²) < 4.78 is 5.39. The maximum Gasteiger partial charge on any atom is 0.263 e. The second-order valence-corrected chi connectivity index (χ2v) is 6.86. The van der Waals surface area contributed by atoms with Crippen molar-refractivity contribution in [3.8, 4) is 0 Å². The first-order valence-corrected chi connectivity index (χ1v) is 9.13. The molecule has 0 spiro atoms. The fraction of sp³-hybridized carbons (Fsp3) is 0.0455. The van der Waals surface area contributed by atoms with Crippen LogP contribution in [0.15, 0.2) is 83.7 Å². The molecular weight excluding hydrogens is 350 g/mol. The highest BCUT2D eigenvalue weighted by molar-refractivity contribution is 5.95. The molecule has 0 aliphatic carbocycles. The van der Waals surface area contributed by atoms with E-state index in [2.05, 4.69) is 5.10 Å². The largest absolute Gasteiger partial charge is 0.272 e. The van der Waals surface area contributed by atoms with Gasteiger partial charge in [-0.15, -0.1) is 14.8 Å². The van der Waals surface area contributed by atoms with E-state index in [1.165, 1.54) is 0 Å². The number of para-hydroxylation sites is 1. The van der Waals surface area contributed by atoms with Gasteiger partial charge in [-0.3, -0.25) is 13.8 Å². The molecule has 0 aliphatic rings. The van der Waals surface area contributed by atoms with Gasteiger partial charge in [0.05, 0.1) is 23.0 Å². The van der Waals surface area contributed by atoms with Crippen LogP contribution in [0.25, 0.3) is 33.2 Å². The second-order valence-electron chi connectivity index (χ2n) is 6.86. The second kappa shape index (κ2) is 5.53. The molecule has 0 amide bonds. The Kier molecular flexibility index (Phi) is 3.00. The molecule has 3 heterocycles. The van der Waals surface area contributed by atoms with E-state index in [0.717, 1.165) is 27.6 Å². The number of hydrogen-bond acceptors (Lipinski definition) is 3. The van der Waals surface area contributed by atoms with Gasteiger partial charge in [0, 0.05) is 5.39 Å². The lowest BCUT2D eigenvalue weighted by atomic mass is 10.2. The lowest BCUT2D eigenvalue weighted by Crippen LogP contribution is -2.23. The van der Waals surface area contributed by atoms with Crippen molar-refractivity contribution in [2.45, 2.75) is 6.54 Å². The Labute approximate surface area is 158 Å². The average molecular weight is 365 g/mol. The van der Waals surface area contributed by atoms with Crippen molar-refractivity contribution in [3.05, 3.63) is 94.8 Å². The molecule has 6 nitrogen and oxygen atoms in total. The Hall–Kier alpha value is -3.93. The van der Waals surface area contributed by atoms with Crippen LogP contribution in [0.5, 0.6) is 0 Å². The molecule has 0 saturated carbocycles. The molecule has 0 saturated heterocycles. The van der Waals surface area contributed by atoms with Crippen molar-refractivity contribution in [1.29, 1.82) is 0 Å². The van der Waals surface area contributed by atoms with Crippen LogP contribution >= 0.6 is 0 Å². The Morgan fingerprint density at radius 2 is 1.46 bits per heavy atom. The predicted octanol–water partition coefficient (Wildman–Crippen LogP) is 3.50. The van der Waals surface area contributed by atoms with Gasteiger partial charge < -0.3 is 0 Å². The summed E-state index contributed by atoms with van der Waals surface area (Å²) in [7, 11) is 0. The molecule has 0 unspecified atom stereocenters. The third-order valence-electron chi connectivity index (χ3n) is 5.18. The molecule has 28 heavy (non-hydrogen) atoms. The van der Waals surface area contributed by atoms with Crippen LogP contribution in [0.3, 0.4) is 0 Å². The van der Waals surface area contributed by atoms with Gasteiger partial charge >= 0.3 is 0 Å². The zero-order valence-corrected chi connectivity index (χ0v) is 14.9. The van der Waals surface area contributed by atoms with Gasteiger partial charge in [-0.1, -0.05) is 54.6 Å². The van der Waals surface area contributed by atoms with E-state index in [1.807, 2.05) is 83.3 Å². The van der Waals surface area contributed by atoms with Gasteiger partial charge in [0.1, 0.15) is 0 Å². The van der Waals surface area contributed by atoms with Crippen molar-refractivity contribution in [1.82, 2.24) is 23.8 Å². The fourth-order valence-electron chi connectivity index (χ4n) is 3.90. The van der Waals surface area contributed by atoms with Gasteiger partial charge in [0.25, 0.3) is 5.56 Å². The van der Waals surface area contributed by atoms with E-state index in [9.17, 15) is 4.79 Å². The summed E-state index contributed by atoms with van der Waals surface area (Å²) in [4.78, 5) is 13.3. The van der Waals surface area contributed by atoms with Crippen LogP contribution in [0, 0.1) is 0 Å². The normalized spacial score (nSPS) is 11.9. The lowest BCUT2D eigenvalue weighted by molar-refractivity contribution is 0.751. The molecule has 0 radical (unpaired) electrons. The maximum atomic E-state index is 13.3. The quantitative estimate of drug-likeness (QED) is 0.472. The van der Waals surface area contributed by atoms with Crippen LogP contribution in [-0.4, -0.2) is 23.8 Å². The standard InChI is InChI=1S/C22H15N5O/c28-21-17-11-5-7-13-19(17)26-20-16-10-4-6-12-18(16)23-27(20)24-22(26)25(21)14-15-8-2-1-3-9-15/h1-13H,14H2. The fourth-order valence-corrected chi connectivity index (χ4v) is 3.90. The number of benzene rings is 3. The van der Waals surface area contributed by atoms with Crippen molar-refractivity contribution in [3.63, 3.8) is 0 Å². The van der Waals surface area contributed by atoms with Crippen LogP contribution in [0.2, 0.25) is 0 Å². The van der Waals surface area contributed by atoms with Crippen molar-refractivity contribution in [2.75, 3.05) is 0 Å². The van der Waals surface area contributed by atoms with E-state index in [0.29, 0.717) is 17.7 Å². The van der Waals surface area contributed by atoms with E-state index in [1.54, 1.807) is 9.20 Å².